The van der Waals surface area contributed by atoms with Crippen LogP contribution in [-0.4, -0.2) is 30.6 Å². The minimum atomic E-state index is 0.0156. The van der Waals surface area contributed by atoms with E-state index in [-0.39, 0.29) is 6.03 Å². The molecule has 0 aliphatic rings. The average molecular weight is 158 g/mol. The third kappa shape index (κ3) is 3.25. The number of carbonyl (C=O) groups excluding carboxylic acids is 1. The third-order valence-electron chi connectivity index (χ3n) is 1.90. The Morgan fingerprint density at radius 2 is 2.09 bits per heavy atom. The Morgan fingerprint density at radius 1 is 1.55 bits per heavy atom. The van der Waals surface area contributed by atoms with E-state index in [0.717, 1.165) is 6.42 Å². The zero-order valence-electron chi connectivity index (χ0n) is 7.85. The van der Waals surface area contributed by atoms with E-state index in [4.69, 9.17) is 0 Å². The van der Waals surface area contributed by atoms with Gasteiger partial charge in [-0.25, -0.2) is 4.79 Å². The first kappa shape index (κ1) is 10.3. The van der Waals surface area contributed by atoms with Crippen molar-refractivity contribution in [1.29, 1.82) is 0 Å². The molecule has 0 spiro atoms. The summed E-state index contributed by atoms with van der Waals surface area (Å²) in [6, 6.07) is 0.336. The lowest BCUT2D eigenvalue weighted by molar-refractivity contribution is 0.193. The quantitative estimate of drug-likeness (QED) is 0.662. The first-order valence-electron chi connectivity index (χ1n) is 4.14. The number of nitrogens with one attached hydrogen (secondary N) is 1. The molecule has 0 aromatic heterocycles. The summed E-state index contributed by atoms with van der Waals surface area (Å²) >= 11 is 0. The molecule has 0 radical (unpaired) electrons. The molecular weight excluding hydrogens is 140 g/mol. The van der Waals surface area contributed by atoms with Crippen molar-refractivity contribution >= 4 is 6.03 Å². The molecule has 3 heteroatoms. The van der Waals surface area contributed by atoms with E-state index in [9.17, 15) is 4.79 Å². The first-order chi connectivity index (χ1) is 5.13. The lowest BCUT2D eigenvalue weighted by Crippen LogP contribution is -2.41. The standard InChI is InChI=1S/C8H18N2O/c1-5-7(3)10(4)8(11)9-6-2/h7H,5-6H2,1-4H3,(H,9,11). The van der Waals surface area contributed by atoms with Gasteiger partial charge in [-0.05, 0) is 20.3 Å². The highest BCUT2D eigenvalue weighted by molar-refractivity contribution is 5.74. The van der Waals surface area contributed by atoms with E-state index in [0.29, 0.717) is 12.6 Å². The van der Waals surface area contributed by atoms with Gasteiger partial charge in [-0.3, -0.25) is 0 Å². The van der Waals surface area contributed by atoms with Crippen LogP contribution in [0, 0.1) is 0 Å². The van der Waals surface area contributed by atoms with Crippen LogP contribution in [0.25, 0.3) is 0 Å². The van der Waals surface area contributed by atoms with Crippen LogP contribution in [0.15, 0.2) is 0 Å². The van der Waals surface area contributed by atoms with Crippen molar-refractivity contribution in [1.82, 2.24) is 10.2 Å². The monoisotopic (exact) mass is 158 g/mol. The van der Waals surface area contributed by atoms with Crippen molar-refractivity contribution < 1.29 is 4.79 Å². The van der Waals surface area contributed by atoms with E-state index in [1.165, 1.54) is 0 Å². The number of amides is 2. The molecule has 1 N–H and O–H groups in total. The molecule has 0 aliphatic heterocycles. The molecule has 0 aromatic rings. The zero-order chi connectivity index (χ0) is 8.85. The summed E-state index contributed by atoms with van der Waals surface area (Å²) in [5, 5.41) is 2.75. The van der Waals surface area contributed by atoms with Gasteiger partial charge in [0, 0.05) is 19.6 Å². The maximum atomic E-state index is 11.2. The Kier molecular flexibility index (Phi) is 4.66. The number of carbonyl (C=O) groups is 1. The summed E-state index contributed by atoms with van der Waals surface area (Å²) in [5.41, 5.74) is 0. The summed E-state index contributed by atoms with van der Waals surface area (Å²) in [5.74, 6) is 0. The van der Waals surface area contributed by atoms with Crippen molar-refractivity contribution in [2.24, 2.45) is 0 Å². The highest BCUT2D eigenvalue weighted by Crippen LogP contribution is 1.99. The lowest BCUT2D eigenvalue weighted by Gasteiger charge is -2.23. The minimum Gasteiger partial charge on any atom is -0.338 e. The molecule has 1 atom stereocenters. The number of rotatable bonds is 3. The van der Waals surface area contributed by atoms with Crippen LogP contribution in [0.3, 0.4) is 0 Å². The van der Waals surface area contributed by atoms with Crippen LogP contribution in [0.5, 0.6) is 0 Å². The third-order valence-corrected chi connectivity index (χ3v) is 1.90. The second-order valence-corrected chi connectivity index (χ2v) is 2.70. The molecule has 0 aliphatic carbocycles. The van der Waals surface area contributed by atoms with Gasteiger partial charge in [0.05, 0.1) is 0 Å². The van der Waals surface area contributed by atoms with Crippen molar-refractivity contribution in [2.75, 3.05) is 13.6 Å². The van der Waals surface area contributed by atoms with Gasteiger partial charge in [0.15, 0.2) is 0 Å². The van der Waals surface area contributed by atoms with Crippen molar-refractivity contribution in [3.63, 3.8) is 0 Å². The largest absolute Gasteiger partial charge is 0.338 e. The molecule has 66 valence electrons. The topological polar surface area (TPSA) is 32.3 Å². The molecule has 0 heterocycles. The van der Waals surface area contributed by atoms with Crippen molar-refractivity contribution in [3.05, 3.63) is 0 Å². The minimum absolute atomic E-state index is 0.0156. The maximum absolute atomic E-state index is 11.2. The number of urea groups is 1. The highest BCUT2D eigenvalue weighted by Gasteiger charge is 2.11. The Hall–Kier alpha value is -0.730. The van der Waals surface area contributed by atoms with Gasteiger partial charge in [-0.1, -0.05) is 6.92 Å². The number of hydrogen-bond acceptors (Lipinski definition) is 1. The summed E-state index contributed by atoms with van der Waals surface area (Å²) in [4.78, 5) is 12.9. The molecular formula is C8H18N2O. The molecule has 3 nitrogen and oxygen atoms in total. The second-order valence-electron chi connectivity index (χ2n) is 2.70. The molecule has 0 saturated carbocycles. The average Bonchev–Trinajstić information content (AvgIpc) is 2.02. The van der Waals surface area contributed by atoms with Gasteiger partial charge in [0.25, 0.3) is 0 Å². The summed E-state index contributed by atoms with van der Waals surface area (Å²) in [6.07, 6.45) is 0.994. The molecule has 0 rings (SSSR count). The van der Waals surface area contributed by atoms with E-state index in [1.807, 2.05) is 20.9 Å². The van der Waals surface area contributed by atoms with Crippen LogP contribution in [0.4, 0.5) is 4.79 Å². The summed E-state index contributed by atoms with van der Waals surface area (Å²) in [7, 11) is 1.82. The van der Waals surface area contributed by atoms with E-state index < -0.39 is 0 Å². The molecule has 0 saturated heterocycles. The predicted molar refractivity (Wildman–Crippen MR) is 46.6 cm³/mol. The Labute approximate surface area is 68.8 Å². The first-order valence-corrected chi connectivity index (χ1v) is 4.14. The SMILES string of the molecule is CCNC(=O)N(C)C(C)CC. The van der Waals surface area contributed by atoms with Gasteiger partial charge in [-0.15, -0.1) is 0 Å². The molecule has 0 aromatic carbocycles. The zero-order valence-corrected chi connectivity index (χ0v) is 7.85. The Balaban J connectivity index is 3.80. The summed E-state index contributed by atoms with van der Waals surface area (Å²) in [6.45, 7) is 6.72. The van der Waals surface area contributed by atoms with E-state index in [1.54, 1.807) is 4.90 Å². The molecule has 1 unspecified atom stereocenters. The van der Waals surface area contributed by atoms with Gasteiger partial charge < -0.3 is 10.2 Å². The molecule has 2 amide bonds. The lowest BCUT2D eigenvalue weighted by atomic mass is 10.2. The normalized spacial score (nSPS) is 12.4. The molecule has 11 heavy (non-hydrogen) atoms. The second kappa shape index (κ2) is 4.99. The van der Waals surface area contributed by atoms with Gasteiger partial charge in [-0.2, -0.15) is 0 Å². The van der Waals surface area contributed by atoms with Gasteiger partial charge >= 0.3 is 6.03 Å². The van der Waals surface area contributed by atoms with E-state index >= 15 is 0 Å². The van der Waals surface area contributed by atoms with Crippen LogP contribution in [0.1, 0.15) is 27.2 Å². The molecule has 0 bridgehead atoms. The van der Waals surface area contributed by atoms with Gasteiger partial charge in [0.2, 0.25) is 0 Å². The fraction of sp³-hybridized carbons (Fsp3) is 0.875. The smallest absolute Gasteiger partial charge is 0.317 e. The number of nitrogens with zero attached hydrogens (tertiary/aromatic N) is 1. The van der Waals surface area contributed by atoms with Crippen LogP contribution >= 0.6 is 0 Å². The van der Waals surface area contributed by atoms with Gasteiger partial charge in [0.1, 0.15) is 0 Å². The highest BCUT2D eigenvalue weighted by atomic mass is 16.2. The Morgan fingerprint density at radius 3 is 2.45 bits per heavy atom. The van der Waals surface area contributed by atoms with E-state index in [2.05, 4.69) is 12.2 Å². The number of hydrogen-bond donors (Lipinski definition) is 1. The van der Waals surface area contributed by atoms with Crippen molar-refractivity contribution in [2.45, 2.75) is 33.2 Å². The maximum Gasteiger partial charge on any atom is 0.317 e. The predicted octanol–water partition coefficient (Wildman–Crippen LogP) is 1.45. The van der Waals surface area contributed by atoms with Crippen LogP contribution in [0.2, 0.25) is 0 Å². The fourth-order valence-electron chi connectivity index (χ4n) is 0.750. The summed E-state index contributed by atoms with van der Waals surface area (Å²) < 4.78 is 0. The van der Waals surface area contributed by atoms with Crippen LogP contribution in [-0.2, 0) is 0 Å². The Bertz CT molecular complexity index is 125. The van der Waals surface area contributed by atoms with Crippen molar-refractivity contribution in [3.8, 4) is 0 Å². The molecule has 0 fully saturated rings. The fourth-order valence-corrected chi connectivity index (χ4v) is 0.750. The van der Waals surface area contributed by atoms with Crippen LogP contribution < -0.4 is 5.32 Å².